The lowest BCUT2D eigenvalue weighted by Crippen LogP contribution is -2.19. The summed E-state index contributed by atoms with van der Waals surface area (Å²) in [4.78, 5) is 6.68. The fourth-order valence-electron chi connectivity index (χ4n) is 2.84. The minimum Gasteiger partial charge on any atom is -0.495 e. The Bertz CT molecular complexity index is 704. The van der Waals surface area contributed by atoms with Crippen molar-refractivity contribution in [3.63, 3.8) is 0 Å². The van der Waals surface area contributed by atoms with Crippen molar-refractivity contribution in [2.75, 3.05) is 20.2 Å². The molecule has 0 N–H and O–H groups in total. The summed E-state index contributed by atoms with van der Waals surface area (Å²) in [5.41, 5.74) is 1.70. The van der Waals surface area contributed by atoms with Crippen molar-refractivity contribution in [3.05, 3.63) is 41.0 Å². The molecule has 114 valence electrons. The molecule has 1 fully saturated rings. The van der Waals surface area contributed by atoms with E-state index in [1.807, 2.05) is 25.1 Å². The number of hydrogen-bond donors (Lipinski definition) is 0. The Morgan fingerprint density at radius 3 is 3.05 bits per heavy atom. The standard InChI is InChI=1S/C16H18N4O2/c1-11-18-16(22-19-11)14-5-6-20(10-14)9-12-3-4-13(8-17)15(7-12)21-2/h3-4,7,14H,5-6,9-10H2,1-2H3/t14-/m1/s1. The number of aryl methyl sites for hydroxylation is 1. The van der Waals surface area contributed by atoms with Gasteiger partial charge in [0.2, 0.25) is 5.89 Å². The molecular formula is C16H18N4O2. The van der Waals surface area contributed by atoms with Gasteiger partial charge in [-0.3, -0.25) is 4.90 Å². The van der Waals surface area contributed by atoms with Crippen LogP contribution in [0.15, 0.2) is 22.7 Å². The maximum atomic E-state index is 9.02. The van der Waals surface area contributed by atoms with Crippen LogP contribution in [0.1, 0.15) is 35.2 Å². The number of ether oxygens (including phenoxy) is 1. The van der Waals surface area contributed by atoms with E-state index < -0.39 is 0 Å². The minimum atomic E-state index is 0.307. The van der Waals surface area contributed by atoms with Gasteiger partial charge in [0.15, 0.2) is 5.82 Å². The van der Waals surface area contributed by atoms with Crippen LogP contribution in [-0.4, -0.2) is 35.2 Å². The molecule has 3 rings (SSSR count). The van der Waals surface area contributed by atoms with Crippen LogP contribution in [0.2, 0.25) is 0 Å². The minimum absolute atomic E-state index is 0.307. The Hall–Kier alpha value is -2.39. The second-order valence-corrected chi connectivity index (χ2v) is 5.55. The van der Waals surface area contributed by atoms with Crippen molar-refractivity contribution < 1.29 is 9.26 Å². The second kappa shape index (κ2) is 6.16. The van der Waals surface area contributed by atoms with Crippen LogP contribution in [0.5, 0.6) is 5.75 Å². The van der Waals surface area contributed by atoms with Crippen LogP contribution < -0.4 is 4.74 Å². The predicted molar refractivity (Wildman–Crippen MR) is 79.4 cm³/mol. The summed E-state index contributed by atoms with van der Waals surface area (Å²) in [5, 5.41) is 12.9. The van der Waals surface area contributed by atoms with E-state index in [9.17, 15) is 0 Å². The van der Waals surface area contributed by atoms with Gasteiger partial charge in [-0.25, -0.2) is 0 Å². The molecule has 0 amide bonds. The molecule has 22 heavy (non-hydrogen) atoms. The monoisotopic (exact) mass is 298 g/mol. The van der Waals surface area contributed by atoms with Gasteiger partial charge < -0.3 is 9.26 Å². The normalized spacial score (nSPS) is 18.3. The zero-order valence-corrected chi connectivity index (χ0v) is 12.7. The molecule has 1 aromatic heterocycles. The van der Waals surface area contributed by atoms with Gasteiger partial charge in [-0.1, -0.05) is 11.2 Å². The number of likely N-dealkylation sites (tertiary alicyclic amines) is 1. The molecule has 0 radical (unpaired) electrons. The smallest absolute Gasteiger partial charge is 0.231 e. The molecule has 2 heterocycles. The van der Waals surface area contributed by atoms with E-state index in [1.165, 1.54) is 0 Å². The van der Waals surface area contributed by atoms with Crippen LogP contribution in [0.25, 0.3) is 0 Å². The molecule has 0 saturated carbocycles. The average Bonchev–Trinajstić information content (AvgIpc) is 3.16. The molecule has 0 unspecified atom stereocenters. The molecule has 1 aromatic carbocycles. The van der Waals surface area contributed by atoms with Gasteiger partial charge in [-0.2, -0.15) is 10.2 Å². The summed E-state index contributed by atoms with van der Waals surface area (Å²) < 4.78 is 10.5. The molecule has 0 bridgehead atoms. The summed E-state index contributed by atoms with van der Waals surface area (Å²) in [6.45, 7) is 4.56. The van der Waals surface area contributed by atoms with Crippen molar-refractivity contribution in [2.45, 2.75) is 25.8 Å². The number of benzene rings is 1. The first-order valence-corrected chi connectivity index (χ1v) is 7.29. The molecule has 0 spiro atoms. The number of aromatic nitrogens is 2. The zero-order valence-electron chi connectivity index (χ0n) is 12.7. The number of hydrogen-bond acceptors (Lipinski definition) is 6. The van der Waals surface area contributed by atoms with Crippen molar-refractivity contribution in [3.8, 4) is 11.8 Å². The Kier molecular flexibility index (Phi) is 4.07. The van der Waals surface area contributed by atoms with Crippen molar-refractivity contribution in [2.24, 2.45) is 0 Å². The van der Waals surface area contributed by atoms with E-state index in [0.29, 0.717) is 23.1 Å². The quantitative estimate of drug-likeness (QED) is 0.861. The molecule has 2 aromatic rings. The van der Waals surface area contributed by atoms with Gasteiger partial charge in [-0.15, -0.1) is 0 Å². The van der Waals surface area contributed by atoms with Crippen molar-refractivity contribution in [1.82, 2.24) is 15.0 Å². The van der Waals surface area contributed by atoms with Gasteiger partial charge in [0, 0.05) is 13.1 Å². The molecule has 1 aliphatic rings. The Labute approximate surface area is 129 Å². The van der Waals surface area contributed by atoms with E-state index in [1.54, 1.807) is 7.11 Å². The van der Waals surface area contributed by atoms with Crippen LogP contribution in [0, 0.1) is 18.3 Å². The summed E-state index contributed by atoms with van der Waals surface area (Å²) in [7, 11) is 1.59. The number of nitriles is 1. The summed E-state index contributed by atoms with van der Waals surface area (Å²) in [5.74, 6) is 2.35. The van der Waals surface area contributed by atoms with Crippen LogP contribution in [0.4, 0.5) is 0 Å². The Balaban J connectivity index is 1.66. The lowest BCUT2D eigenvalue weighted by atomic mass is 10.1. The molecule has 6 heteroatoms. The predicted octanol–water partition coefficient (Wildman–Crippen LogP) is 2.25. The molecular weight excluding hydrogens is 280 g/mol. The fourth-order valence-corrected chi connectivity index (χ4v) is 2.84. The first kappa shape index (κ1) is 14.5. The summed E-state index contributed by atoms with van der Waals surface area (Å²) in [6, 6.07) is 7.85. The number of nitrogens with zero attached hydrogens (tertiary/aromatic N) is 4. The number of methoxy groups -OCH3 is 1. The lowest BCUT2D eigenvalue weighted by molar-refractivity contribution is 0.308. The van der Waals surface area contributed by atoms with Crippen LogP contribution in [-0.2, 0) is 6.54 Å². The first-order chi connectivity index (χ1) is 10.7. The largest absolute Gasteiger partial charge is 0.495 e. The van der Waals surface area contributed by atoms with E-state index in [4.69, 9.17) is 14.5 Å². The first-order valence-electron chi connectivity index (χ1n) is 7.29. The molecule has 1 atom stereocenters. The SMILES string of the molecule is COc1cc(CN2CC[C@@H](c3nc(C)no3)C2)ccc1C#N. The van der Waals surface area contributed by atoms with Crippen molar-refractivity contribution >= 4 is 0 Å². The van der Waals surface area contributed by atoms with Gasteiger partial charge in [-0.05, 0) is 37.6 Å². The van der Waals surface area contributed by atoms with Crippen LogP contribution >= 0.6 is 0 Å². The zero-order chi connectivity index (χ0) is 15.5. The van der Waals surface area contributed by atoms with Gasteiger partial charge >= 0.3 is 0 Å². The van der Waals surface area contributed by atoms with Crippen molar-refractivity contribution in [1.29, 1.82) is 5.26 Å². The third-order valence-corrected chi connectivity index (χ3v) is 3.96. The van der Waals surface area contributed by atoms with E-state index >= 15 is 0 Å². The van der Waals surface area contributed by atoms with Gasteiger partial charge in [0.25, 0.3) is 0 Å². The average molecular weight is 298 g/mol. The van der Waals surface area contributed by atoms with Crippen LogP contribution in [0.3, 0.4) is 0 Å². The highest BCUT2D eigenvalue weighted by molar-refractivity contribution is 5.45. The molecule has 1 saturated heterocycles. The second-order valence-electron chi connectivity index (χ2n) is 5.55. The lowest BCUT2D eigenvalue weighted by Gasteiger charge is -2.16. The van der Waals surface area contributed by atoms with Gasteiger partial charge in [0.1, 0.15) is 11.8 Å². The van der Waals surface area contributed by atoms with E-state index in [-0.39, 0.29) is 0 Å². The highest BCUT2D eigenvalue weighted by Crippen LogP contribution is 2.28. The van der Waals surface area contributed by atoms with Gasteiger partial charge in [0.05, 0.1) is 18.6 Å². The summed E-state index contributed by atoms with van der Waals surface area (Å²) >= 11 is 0. The maximum absolute atomic E-state index is 9.02. The third kappa shape index (κ3) is 2.95. The molecule has 6 nitrogen and oxygen atoms in total. The molecule has 0 aliphatic carbocycles. The highest BCUT2D eigenvalue weighted by Gasteiger charge is 2.28. The Morgan fingerprint density at radius 1 is 1.50 bits per heavy atom. The number of rotatable bonds is 4. The third-order valence-electron chi connectivity index (χ3n) is 3.96. The molecule has 1 aliphatic heterocycles. The highest BCUT2D eigenvalue weighted by atomic mass is 16.5. The topological polar surface area (TPSA) is 75.2 Å². The van der Waals surface area contributed by atoms with E-state index in [2.05, 4.69) is 21.1 Å². The fraction of sp³-hybridized carbons (Fsp3) is 0.438. The maximum Gasteiger partial charge on any atom is 0.231 e. The summed E-state index contributed by atoms with van der Waals surface area (Å²) in [6.07, 6.45) is 1.02. The van der Waals surface area contributed by atoms with E-state index in [0.717, 1.165) is 37.5 Å². The Morgan fingerprint density at radius 2 is 2.36 bits per heavy atom.